The molecule has 1 aromatic heterocycles. The molecule has 5 nitrogen and oxygen atoms in total. The third-order valence-electron chi connectivity index (χ3n) is 5.42. The SMILES string of the molecule is O=C(C[n+]1ccn(CC(OCc2ccc(Cl)cc2Cl)c2ccc(Cl)cc2Cl)c1)Nc1ccc(Cl)c(Cl)c1. The lowest BCUT2D eigenvalue weighted by molar-refractivity contribution is -0.683. The van der Waals surface area contributed by atoms with Crippen molar-refractivity contribution in [3.8, 4) is 0 Å². The molecule has 1 heterocycles. The van der Waals surface area contributed by atoms with Crippen molar-refractivity contribution in [3.05, 3.63) is 115 Å². The van der Waals surface area contributed by atoms with E-state index in [0.717, 1.165) is 11.1 Å². The Hall–Kier alpha value is -1.96. The molecule has 0 saturated heterocycles. The van der Waals surface area contributed by atoms with Gasteiger partial charge in [-0.2, -0.15) is 0 Å². The lowest BCUT2D eigenvalue weighted by Crippen LogP contribution is -2.38. The number of nitrogens with one attached hydrogen (secondary N) is 1. The predicted octanol–water partition coefficient (Wildman–Crippen LogP) is 8.29. The van der Waals surface area contributed by atoms with Gasteiger partial charge in [0.1, 0.15) is 25.0 Å². The maximum atomic E-state index is 12.5. The summed E-state index contributed by atoms with van der Waals surface area (Å²) in [5.74, 6) is -0.216. The van der Waals surface area contributed by atoms with E-state index in [2.05, 4.69) is 5.32 Å². The van der Waals surface area contributed by atoms with Crippen molar-refractivity contribution >= 4 is 81.2 Å². The number of halogens is 6. The lowest BCUT2D eigenvalue weighted by atomic mass is 10.1. The average Bonchev–Trinajstić information content (AvgIpc) is 3.26. The maximum Gasteiger partial charge on any atom is 0.266 e. The minimum Gasteiger partial charge on any atom is -0.365 e. The second-order valence-electron chi connectivity index (χ2n) is 8.16. The molecule has 4 aromatic rings. The summed E-state index contributed by atoms with van der Waals surface area (Å²) in [4.78, 5) is 12.5. The third-order valence-corrected chi connectivity index (χ3v) is 7.31. The first kappa shape index (κ1) is 28.1. The molecule has 1 amide bonds. The summed E-state index contributed by atoms with van der Waals surface area (Å²) in [5.41, 5.74) is 2.13. The van der Waals surface area contributed by atoms with E-state index in [4.69, 9.17) is 74.3 Å². The van der Waals surface area contributed by atoms with Gasteiger partial charge in [0.25, 0.3) is 5.91 Å². The molecule has 11 heteroatoms. The molecule has 1 atom stereocenters. The van der Waals surface area contributed by atoms with Crippen LogP contribution in [0, 0.1) is 0 Å². The van der Waals surface area contributed by atoms with Gasteiger partial charge in [0.15, 0.2) is 6.54 Å². The standard InChI is InChI=1S/C26H19Cl6N3O2/c27-17-2-1-16(22(30)9-17)14-37-25(20-5-3-18(28)10-23(20)31)12-34-7-8-35(15-34)13-26(36)33-19-4-6-21(29)24(32)11-19/h1-11,15,25H,12-14H2/p+1. The molecular weight excluding hydrogens is 599 g/mol. The van der Waals surface area contributed by atoms with Crippen LogP contribution in [0.1, 0.15) is 17.2 Å². The van der Waals surface area contributed by atoms with Crippen molar-refractivity contribution in [2.75, 3.05) is 5.32 Å². The van der Waals surface area contributed by atoms with E-state index in [1.165, 1.54) is 0 Å². The van der Waals surface area contributed by atoms with Gasteiger partial charge in [0.2, 0.25) is 6.33 Å². The molecule has 37 heavy (non-hydrogen) atoms. The molecule has 0 aliphatic carbocycles. The van der Waals surface area contributed by atoms with E-state index in [-0.39, 0.29) is 19.1 Å². The second kappa shape index (κ2) is 12.7. The van der Waals surface area contributed by atoms with Crippen LogP contribution in [-0.4, -0.2) is 10.5 Å². The van der Waals surface area contributed by atoms with E-state index in [1.54, 1.807) is 53.2 Å². The zero-order valence-electron chi connectivity index (χ0n) is 19.1. The first-order valence-electron chi connectivity index (χ1n) is 11.0. The van der Waals surface area contributed by atoms with Gasteiger partial charge in [-0.1, -0.05) is 81.7 Å². The van der Waals surface area contributed by atoms with Crippen LogP contribution >= 0.6 is 69.6 Å². The van der Waals surface area contributed by atoms with Crippen molar-refractivity contribution in [1.29, 1.82) is 0 Å². The van der Waals surface area contributed by atoms with Crippen molar-refractivity contribution in [2.45, 2.75) is 25.8 Å². The number of imidazole rings is 1. The fourth-order valence-corrected chi connectivity index (χ4v) is 4.90. The highest BCUT2D eigenvalue weighted by Crippen LogP contribution is 2.31. The minimum atomic E-state index is -0.428. The Morgan fingerprint density at radius 1 is 0.865 bits per heavy atom. The summed E-state index contributed by atoms with van der Waals surface area (Å²) in [5, 5.41) is 5.67. The Kier molecular flexibility index (Phi) is 9.65. The van der Waals surface area contributed by atoms with E-state index in [0.29, 0.717) is 42.4 Å². The number of amides is 1. The minimum absolute atomic E-state index is 0.0981. The van der Waals surface area contributed by atoms with Crippen LogP contribution in [0.3, 0.4) is 0 Å². The largest absolute Gasteiger partial charge is 0.365 e. The fraction of sp³-hybridized carbons (Fsp3) is 0.154. The van der Waals surface area contributed by atoms with E-state index in [1.807, 2.05) is 29.2 Å². The first-order valence-corrected chi connectivity index (χ1v) is 13.2. The lowest BCUT2D eigenvalue weighted by Gasteiger charge is -2.19. The quantitative estimate of drug-likeness (QED) is 0.192. The van der Waals surface area contributed by atoms with E-state index < -0.39 is 6.10 Å². The predicted molar refractivity (Wildman–Crippen MR) is 150 cm³/mol. The van der Waals surface area contributed by atoms with Crippen molar-refractivity contribution in [2.24, 2.45) is 0 Å². The van der Waals surface area contributed by atoms with Gasteiger partial charge in [-0.3, -0.25) is 4.79 Å². The summed E-state index contributed by atoms with van der Waals surface area (Å²) >= 11 is 36.9. The molecular formula is C26H20Cl6N3O2+. The summed E-state index contributed by atoms with van der Waals surface area (Å²) in [6.07, 6.45) is 5.03. The van der Waals surface area contributed by atoms with Gasteiger partial charge < -0.3 is 10.1 Å². The molecule has 1 N–H and O–H groups in total. The molecule has 1 unspecified atom stereocenters. The summed E-state index contributed by atoms with van der Waals surface area (Å²) in [7, 11) is 0. The molecule has 0 bridgehead atoms. The van der Waals surface area contributed by atoms with Gasteiger partial charge in [-0.05, 0) is 48.0 Å². The second-order valence-corrected chi connectivity index (χ2v) is 10.7. The van der Waals surface area contributed by atoms with Crippen LogP contribution in [0.2, 0.25) is 30.1 Å². The zero-order valence-corrected chi connectivity index (χ0v) is 23.6. The molecule has 0 spiro atoms. The number of rotatable bonds is 9. The maximum absolute atomic E-state index is 12.5. The molecule has 0 radical (unpaired) electrons. The van der Waals surface area contributed by atoms with Crippen molar-refractivity contribution in [1.82, 2.24) is 4.57 Å². The summed E-state index contributed by atoms with van der Waals surface area (Å²) in [6, 6.07) is 15.4. The van der Waals surface area contributed by atoms with Gasteiger partial charge >= 0.3 is 0 Å². The van der Waals surface area contributed by atoms with Crippen molar-refractivity contribution < 1.29 is 14.1 Å². The van der Waals surface area contributed by atoms with Crippen LogP contribution in [0.5, 0.6) is 0 Å². The normalized spacial score (nSPS) is 11.9. The highest BCUT2D eigenvalue weighted by Gasteiger charge is 2.21. The van der Waals surface area contributed by atoms with Gasteiger partial charge in [0.05, 0.1) is 16.7 Å². The number of aromatic nitrogens is 2. The monoisotopic (exact) mass is 616 g/mol. The smallest absolute Gasteiger partial charge is 0.266 e. The highest BCUT2D eigenvalue weighted by atomic mass is 35.5. The molecule has 0 aliphatic heterocycles. The van der Waals surface area contributed by atoms with Crippen LogP contribution in [0.15, 0.2) is 73.3 Å². The molecule has 3 aromatic carbocycles. The number of carbonyl (C=O) groups excluding carboxylic acids is 1. The van der Waals surface area contributed by atoms with E-state index in [9.17, 15) is 4.79 Å². The number of hydrogen-bond donors (Lipinski definition) is 1. The zero-order chi connectivity index (χ0) is 26.5. The molecule has 4 rings (SSSR count). The highest BCUT2D eigenvalue weighted by molar-refractivity contribution is 6.42. The Bertz CT molecular complexity index is 1430. The average molecular weight is 619 g/mol. The van der Waals surface area contributed by atoms with Gasteiger partial charge in [-0.15, -0.1) is 0 Å². The molecule has 0 aliphatic rings. The van der Waals surface area contributed by atoms with Crippen LogP contribution in [0.4, 0.5) is 5.69 Å². The Balaban J connectivity index is 1.46. The number of nitrogens with zero attached hydrogens (tertiary/aromatic N) is 2. The Morgan fingerprint density at radius 3 is 2.30 bits per heavy atom. The third kappa shape index (κ3) is 7.78. The number of carbonyl (C=O) groups is 1. The number of hydrogen-bond acceptors (Lipinski definition) is 2. The molecule has 0 fully saturated rings. The molecule has 0 saturated carbocycles. The fourth-order valence-electron chi connectivity index (χ4n) is 3.60. The van der Waals surface area contributed by atoms with Gasteiger partial charge in [0, 0.05) is 31.3 Å². The van der Waals surface area contributed by atoms with Gasteiger partial charge in [-0.25, -0.2) is 9.13 Å². The topological polar surface area (TPSA) is 47.1 Å². The van der Waals surface area contributed by atoms with E-state index >= 15 is 0 Å². The number of ether oxygens (including phenoxy) is 1. The molecule has 192 valence electrons. The Labute approximate surface area is 244 Å². The van der Waals surface area contributed by atoms with Crippen molar-refractivity contribution in [3.63, 3.8) is 0 Å². The van der Waals surface area contributed by atoms with Crippen LogP contribution < -0.4 is 9.88 Å². The van der Waals surface area contributed by atoms with Crippen LogP contribution in [-0.2, 0) is 29.2 Å². The first-order chi connectivity index (χ1) is 17.7. The number of benzene rings is 3. The summed E-state index contributed by atoms with van der Waals surface area (Å²) < 4.78 is 9.92. The van der Waals surface area contributed by atoms with Crippen LogP contribution in [0.25, 0.3) is 0 Å². The Morgan fingerprint density at radius 2 is 1.59 bits per heavy atom. The summed E-state index contributed by atoms with van der Waals surface area (Å²) in [6.45, 7) is 0.766. The number of anilines is 1.